The summed E-state index contributed by atoms with van der Waals surface area (Å²) in [6.07, 6.45) is 3.78. The van der Waals surface area contributed by atoms with E-state index in [4.69, 9.17) is 23.2 Å². The number of hydrogen-bond donors (Lipinski definition) is 0. The lowest BCUT2D eigenvalue weighted by Gasteiger charge is -2.01. The summed E-state index contributed by atoms with van der Waals surface area (Å²) in [5.74, 6) is 0. The largest absolute Gasteiger partial charge is 0.256 e. The second-order valence-electron chi connectivity index (χ2n) is 2.82. The number of rotatable bonds is 3. The molecule has 0 saturated heterocycles. The fourth-order valence-corrected chi connectivity index (χ4v) is 1.45. The average molecular weight is 232 g/mol. The van der Waals surface area contributed by atoms with Crippen molar-refractivity contribution >= 4 is 35.1 Å². The van der Waals surface area contributed by atoms with Gasteiger partial charge < -0.3 is 0 Å². The van der Waals surface area contributed by atoms with Gasteiger partial charge in [0.2, 0.25) is 5.28 Å². The molecule has 0 aromatic carbocycles. The Kier molecular flexibility index (Phi) is 4.29. The van der Waals surface area contributed by atoms with Gasteiger partial charge in [0, 0.05) is 6.21 Å². The highest BCUT2D eigenvalue weighted by atomic mass is 35.5. The van der Waals surface area contributed by atoms with Crippen LogP contribution in [0.1, 0.15) is 25.5 Å². The van der Waals surface area contributed by atoms with Gasteiger partial charge in [0.15, 0.2) is 5.15 Å². The highest BCUT2D eigenvalue weighted by Gasteiger charge is 2.06. The molecule has 0 spiro atoms. The molecule has 0 aliphatic carbocycles. The monoisotopic (exact) mass is 231 g/mol. The zero-order valence-electron chi connectivity index (χ0n) is 8.09. The quantitative estimate of drug-likeness (QED) is 0.453. The van der Waals surface area contributed by atoms with Crippen molar-refractivity contribution in [3.8, 4) is 0 Å². The van der Waals surface area contributed by atoms with E-state index in [1.165, 1.54) is 0 Å². The molecule has 76 valence electrons. The minimum atomic E-state index is 0.155. The lowest BCUT2D eigenvalue weighted by molar-refractivity contribution is 1.01. The number of nitrogens with zero attached hydrogens (tertiary/aromatic N) is 3. The first-order valence-corrected chi connectivity index (χ1v) is 5.13. The van der Waals surface area contributed by atoms with E-state index < -0.39 is 0 Å². The SMILES string of the molecule is CCCC=Nc1c(C)nc(Cl)nc1Cl. The van der Waals surface area contributed by atoms with Gasteiger partial charge in [-0.15, -0.1) is 0 Å². The van der Waals surface area contributed by atoms with E-state index in [0.717, 1.165) is 12.8 Å². The van der Waals surface area contributed by atoms with Gasteiger partial charge in [-0.2, -0.15) is 0 Å². The molecule has 0 fully saturated rings. The molecule has 0 atom stereocenters. The summed E-state index contributed by atoms with van der Waals surface area (Å²) in [4.78, 5) is 12.0. The van der Waals surface area contributed by atoms with Crippen LogP contribution in [-0.2, 0) is 0 Å². The predicted molar refractivity (Wildman–Crippen MR) is 59.8 cm³/mol. The van der Waals surface area contributed by atoms with Crippen molar-refractivity contribution in [2.45, 2.75) is 26.7 Å². The van der Waals surface area contributed by atoms with Crippen LogP contribution in [0.25, 0.3) is 0 Å². The molecule has 0 bridgehead atoms. The van der Waals surface area contributed by atoms with Crippen LogP contribution in [0.5, 0.6) is 0 Å². The Morgan fingerprint density at radius 1 is 1.36 bits per heavy atom. The Morgan fingerprint density at radius 3 is 2.64 bits per heavy atom. The van der Waals surface area contributed by atoms with Gasteiger partial charge in [-0.1, -0.05) is 24.9 Å². The summed E-state index contributed by atoms with van der Waals surface area (Å²) >= 11 is 11.5. The van der Waals surface area contributed by atoms with Gasteiger partial charge in [0.05, 0.1) is 5.69 Å². The molecule has 0 saturated carbocycles. The van der Waals surface area contributed by atoms with Crippen molar-refractivity contribution < 1.29 is 0 Å². The number of aromatic nitrogens is 2. The maximum atomic E-state index is 5.86. The Hall–Kier alpha value is -0.670. The number of aryl methyl sites for hydroxylation is 1. The van der Waals surface area contributed by atoms with Crippen LogP contribution >= 0.6 is 23.2 Å². The van der Waals surface area contributed by atoms with E-state index in [-0.39, 0.29) is 5.28 Å². The molecule has 0 aliphatic rings. The Morgan fingerprint density at radius 2 is 2.07 bits per heavy atom. The molecule has 0 unspecified atom stereocenters. The second kappa shape index (κ2) is 5.27. The summed E-state index contributed by atoms with van der Waals surface area (Å²) in [5.41, 5.74) is 1.30. The third-order valence-corrected chi connectivity index (χ3v) is 2.06. The number of hydrogen-bond acceptors (Lipinski definition) is 3. The molecule has 3 nitrogen and oxygen atoms in total. The Labute approximate surface area is 93.2 Å². The number of halogens is 2. The van der Waals surface area contributed by atoms with Crippen molar-refractivity contribution in [1.82, 2.24) is 9.97 Å². The third-order valence-electron chi connectivity index (χ3n) is 1.63. The van der Waals surface area contributed by atoms with Crippen LogP contribution in [0.2, 0.25) is 10.4 Å². The molecule has 1 aromatic rings. The fraction of sp³-hybridized carbons (Fsp3) is 0.444. The zero-order valence-corrected chi connectivity index (χ0v) is 9.60. The van der Waals surface area contributed by atoms with E-state index in [1.54, 1.807) is 6.92 Å². The Bertz CT molecular complexity index is 327. The predicted octanol–water partition coefficient (Wildman–Crippen LogP) is 3.59. The van der Waals surface area contributed by atoms with Crippen LogP contribution in [0.4, 0.5) is 5.69 Å². The summed E-state index contributed by atoms with van der Waals surface area (Å²) in [7, 11) is 0. The molecule has 0 amide bonds. The van der Waals surface area contributed by atoms with E-state index in [2.05, 4.69) is 21.9 Å². The Balaban J connectivity index is 2.96. The standard InChI is InChI=1S/C9H11Cl2N3/c1-3-4-5-12-7-6(2)13-9(11)14-8(7)10/h5H,3-4H2,1-2H3. The molecule has 0 N–H and O–H groups in total. The fourth-order valence-electron chi connectivity index (χ4n) is 0.931. The molecular formula is C9H11Cl2N3. The van der Waals surface area contributed by atoms with Gasteiger partial charge in [-0.05, 0) is 24.9 Å². The van der Waals surface area contributed by atoms with E-state index >= 15 is 0 Å². The molecule has 5 heteroatoms. The lowest BCUT2D eigenvalue weighted by Crippen LogP contribution is -1.89. The highest BCUT2D eigenvalue weighted by Crippen LogP contribution is 2.26. The van der Waals surface area contributed by atoms with Crippen LogP contribution in [0.15, 0.2) is 4.99 Å². The van der Waals surface area contributed by atoms with Gasteiger partial charge in [0.1, 0.15) is 5.69 Å². The first kappa shape index (κ1) is 11.4. The highest BCUT2D eigenvalue weighted by molar-refractivity contribution is 6.33. The summed E-state index contributed by atoms with van der Waals surface area (Å²) in [6, 6.07) is 0. The third kappa shape index (κ3) is 2.93. The lowest BCUT2D eigenvalue weighted by atomic mass is 10.3. The van der Waals surface area contributed by atoms with Crippen molar-refractivity contribution in [3.05, 3.63) is 16.1 Å². The van der Waals surface area contributed by atoms with Crippen molar-refractivity contribution in [1.29, 1.82) is 0 Å². The van der Waals surface area contributed by atoms with Gasteiger partial charge >= 0.3 is 0 Å². The first-order valence-electron chi connectivity index (χ1n) is 4.37. The zero-order chi connectivity index (χ0) is 10.6. The summed E-state index contributed by atoms with van der Waals surface area (Å²) in [5, 5.41) is 0.455. The minimum absolute atomic E-state index is 0.155. The van der Waals surface area contributed by atoms with Crippen molar-refractivity contribution in [3.63, 3.8) is 0 Å². The van der Waals surface area contributed by atoms with Gasteiger partial charge in [0.25, 0.3) is 0 Å². The number of unbranched alkanes of at least 4 members (excludes halogenated alkanes) is 1. The smallest absolute Gasteiger partial charge is 0.224 e. The van der Waals surface area contributed by atoms with Gasteiger partial charge in [-0.3, -0.25) is 4.99 Å². The second-order valence-corrected chi connectivity index (χ2v) is 3.51. The molecule has 14 heavy (non-hydrogen) atoms. The van der Waals surface area contributed by atoms with Crippen LogP contribution in [0.3, 0.4) is 0 Å². The van der Waals surface area contributed by atoms with E-state index in [9.17, 15) is 0 Å². The molecule has 0 aliphatic heterocycles. The molecule has 1 aromatic heterocycles. The normalized spacial score (nSPS) is 11.1. The van der Waals surface area contributed by atoms with Crippen LogP contribution in [0, 0.1) is 6.92 Å². The minimum Gasteiger partial charge on any atom is -0.256 e. The molecule has 1 heterocycles. The van der Waals surface area contributed by atoms with E-state index in [0.29, 0.717) is 16.5 Å². The van der Waals surface area contributed by atoms with E-state index in [1.807, 2.05) is 6.21 Å². The van der Waals surface area contributed by atoms with Crippen molar-refractivity contribution in [2.75, 3.05) is 0 Å². The molecular weight excluding hydrogens is 221 g/mol. The first-order chi connectivity index (χ1) is 6.65. The van der Waals surface area contributed by atoms with Crippen LogP contribution in [-0.4, -0.2) is 16.2 Å². The molecule has 0 radical (unpaired) electrons. The maximum absolute atomic E-state index is 5.86. The topological polar surface area (TPSA) is 38.1 Å². The molecule has 1 rings (SSSR count). The summed E-state index contributed by atoms with van der Waals surface area (Å²) < 4.78 is 0. The number of aliphatic imine (C=N–C) groups is 1. The van der Waals surface area contributed by atoms with Crippen LogP contribution < -0.4 is 0 Å². The van der Waals surface area contributed by atoms with Gasteiger partial charge in [-0.25, -0.2) is 9.97 Å². The van der Waals surface area contributed by atoms with Crippen molar-refractivity contribution in [2.24, 2.45) is 4.99 Å². The maximum Gasteiger partial charge on any atom is 0.224 e. The summed E-state index contributed by atoms with van der Waals surface area (Å²) in [6.45, 7) is 3.89. The average Bonchev–Trinajstić information content (AvgIpc) is 2.09.